The van der Waals surface area contributed by atoms with Gasteiger partial charge in [-0.15, -0.1) is 0 Å². The molecule has 0 saturated heterocycles. The molecule has 1 rings (SSSR count). The zero-order valence-electron chi connectivity index (χ0n) is 7.62. The number of rotatable bonds is 0. The summed E-state index contributed by atoms with van der Waals surface area (Å²) in [6.07, 6.45) is 12.5. The van der Waals surface area contributed by atoms with Crippen molar-refractivity contribution in [2.45, 2.75) is 61.0 Å². The molecule has 1 saturated carbocycles. The van der Waals surface area contributed by atoms with Gasteiger partial charge in [-0.1, -0.05) is 76.8 Å². The van der Waals surface area contributed by atoms with Crippen molar-refractivity contribution < 1.29 is 0 Å². The molecule has 0 aromatic rings. The molecule has 0 bridgehead atoms. The van der Waals surface area contributed by atoms with Crippen LogP contribution in [0.15, 0.2) is 0 Å². The van der Waals surface area contributed by atoms with Crippen LogP contribution in [0.5, 0.6) is 0 Å². The summed E-state index contributed by atoms with van der Waals surface area (Å²) in [5, 5.41) is 0. The minimum atomic E-state index is 0.261. The summed E-state index contributed by atoms with van der Waals surface area (Å²) >= 11 is 7.51. The van der Waals surface area contributed by atoms with Gasteiger partial charge < -0.3 is 0 Å². The number of alkyl halides is 2. The predicted octanol–water partition coefficient (Wildman–Crippen LogP) is 5.00. The Balaban J connectivity index is 2.27. The van der Waals surface area contributed by atoms with Crippen LogP contribution in [0.3, 0.4) is 0 Å². The Hall–Kier alpha value is 0.960. The fourth-order valence-electron chi connectivity index (χ4n) is 1.78. The van der Waals surface area contributed by atoms with Gasteiger partial charge in [0.1, 0.15) is 0 Å². The van der Waals surface area contributed by atoms with Gasteiger partial charge >= 0.3 is 0 Å². The van der Waals surface area contributed by atoms with Crippen molar-refractivity contribution in [1.82, 2.24) is 0 Å². The first-order chi connectivity index (χ1) is 5.71. The minimum absolute atomic E-state index is 0.261. The molecule has 0 amide bonds. The lowest BCUT2D eigenvalue weighted by molar-refractivity contribution is 0.503. The van der Waals surface area contributed by atoms with E-state index < -0.39 is 0 Å². The van der Waals surface area contributed by atoms with Crippen molar-refractivity contribution in [3.63, 3.8) is 0 Å². The van der Waals surface area contributed by atoms with Crippen molar-refractivity contribution in [3.8, 4) is 0 Å². The van der Waals surface area contributed by atoms with E-state index in [-0.39, 0.29) is 3.23 Å². The standard InChI is InChI=1S/C10H18Br2/c11-10(12)8-6-4-2-1-3-5-7-9-10/h1-9H2. The molecule has 0 aliphatic heterocycles. The maximum Gasteiger partial charge on any atom is 0.0805 e. The zero-order valence-corrected chi connectivity index (χ0v) is 10.8. The van der Waals surface area contributed by atoms with E-state index in [1.54, 1.807) is 0 Å². The van der Waals surface area contributed by atoms with E-state index >= 15 is 0 Å². The Kier molecular flexibility index (Phi) is 5.19. The highest BCUT2D eigenvalue weighted by Gasteiger charge is 2.21. The number of halogens is 2. The first kappa shape index (κ1) is 11.0. The highest BCUT2D eigenvalue weighted by Crippen LogP contribution is 2.38. The highest BCUT2D eigenvalue weighted by atomic mass is 79.9. The SMILES string of the molecule is BrC1(Br)CCCCCCCCC1. The molecule has 1 aliphatic carbocycles. The van der Waals surface area contributed by atoms with Gasteiger partial charge in [0.2, 0.25) is 0 Å². The molecule has 72 valence electrons. The average molecular weight is 298 g/mol. The van der Waals surface area contributed by atoms with Crippen molar-refractivity contribution >= 4 is 31.9 Å². The van der Waals surface area contributed by atoms with Gasteiger partial charge in [0.15, 0.2) is 0 Å². The fraction of sp³-hybridized carbons (Fsp3) is 1.00. The summed E-state index contributed by atoms with van der Waals surface area (Å²) in [4.78, 5) is 0. The van der Waals surface area contributed by atoms with Gasteiger partial charge in [-0.25, -0.2) is 0 Å². The van der Waals surface area contributed by atoms with E-state index in [1.807, 2.05) is 0 Å². The topological polar surface area (TPSA) is 0 Å². The van der Waals surface area contributed by atoms with E-state index in [2.05, 4.69) is 31.9 Å². The largest absolute Gasteiger partial charge is 0.0805 e. The Morgan fingerprint density at radius 2 is 0.917 bits per heavy atom. The Morgan fingerprint density at radius 1 is 0.583 bits per heavy atom. The van der Waals surface area contributed by atoms with Crippen LogP contribution < -0.4 is 0 Å². The van der Waals surface area contributed by atoms with Gasteiger partial charge in [-0.2, -0.15) is 0 Å². The Bertz CT molecular complexity index is 109. The molecule has 0 spiro atoms. The summed E-state index contributed by atoms with van der Waals surface area (Å²) in [7, 11) is 0. The lowest BCUT2D eigenvalue weighted by Gasteiger charge is -2.21. The monoisotopic (exact) mass is 296 g/mol. The van der Waals surface area contributed by atoms with Gasteiger partial charge in [0.25, 0.3) is 0 Å². The third-order valence-corrected chi connectivity index (χ3v) is 4.17. The molecule has 0 unspecified atom stereocenters. The Labute approximate surface area is 92.8 Å². The predicted molar refractivity (Wildman–Crippen MR) is 62.1 cm³/mol. The van der Waals surface area contributed by atoms with Crippen molar-refractivity contribution in [2.75, 3.05) is 0 Å². The molecule has 0 nitrogen and oxygen atoms in total. The van der Waals surface area contributed by atoms with E-state index in [0.29, 0.717) is 0 Å². The lowest BCUT2D eigenvalue weighted by Crippen LogP contribution is -2.11. The number of hydrogen-bond donors (Lipinski definition) is 0. The normalized spacial score (nSPS) is 26.5. The molecular weight excluding hydrogens is 280 g/mol. The maximum atomic E-state index is 3.75. The smallest absolute Gasteiger partial charge is 0.0727 e. The van der Waals surface area contributed by atoms with E-state index in [4.69, 9.17) is 0 Å². The van der Waals surface area contributed by atoms with Gasteiger partial charge in [0.05, 0.1) is 3.23 Å². The van der Waals surface area contributed by atoms with Crippen LogP contribution in [0.1, 0.15) is 57.8 Å². The molecule has 12 heavy (non-hydrogen) atoms. The van der Waals surface area contributed by atoms with Crippen LogP contribution in [-0.4, -0.2) is 3.23 Å². The molecular formula is C10H18Br2. The summed E-state index contributed by atoms with van der Waals surface area (Å²) in [6, 6.07) is 0. The molecule has 1 fully saturated rings. The first-order valence-corrected chi connectivity index (χ1v) is 6.67. The Morgan fingerprint density at radius 3 is 1.33 bits per heavy atom. The van der Waals surface area contributed by atoms with Crippen LogP contribution in [0.4, 0.5) is 0 Å². The molecule has 0 aromatic heterocycles. The molecule has 0 atom stereocenters. The third-order valence-electron chi connectivity index (χ3n) is 2.59. The van der Waals surface area contributed by atoms with E-state index in [0.717, 1.165) is 0 Å². The fourth-order valence-corrected chi connectivity index (χ4v) is 2.90. The molecule has 1 aliphatic rings. The quantitative estimate of drug-likeness (QED) is 0.552. The molecule has 0 radical (unpaired) electrons. The van der Waals surface area contributed by atoms with Crippen molar-refractivity contribution in [1.29, 1.82) is 0 Å². The highest BCUT2D eigenvalue weighted by molar-refractivity contribution is 9.25. The van der Waals surface area contributed by atoms with Crippen LogP contribution >= 0.6 is 31.9 Å². The van der Waals surface area contributed by atoms with Gasteiger partial charge in [0, 0.05) is 0 Å². The summed E-state index contributed by atoms with van der Waals surface area (Å²) in [5.41, 5.74) is 0. The second kappa shape index (κ2) is 5.64. The van der Waals surface area contributed by atoms with E-state index in [1.165, 1.54) is 57.8 Å². The van der Waals surface area contributed by atoms with Crippen molar-refractivity contribution in [3.05, 3.63) is 0 Å². The summed E-state index contributed by atoms with van der Waals surface area (Å²) < 4.78 is 0.261. The number of hydrogen-bond acceptors (Lipinski definition) is 0. The average Bonchev–Trinajstić information content (AvgIpc) is 2.02. The van der Waals surface area contributed by atoms with Gasteiger partial charge in [-0.3, -0.25) is 0 Å². The second-order valence-electron chi connectivity index (χ2n) is 3.83. The lowest BCUT2D eigenvalue weighted by atomic mass is 10.0. The molecule has 0 heterocycles. The van der Waals surface area contributed by atoms with Crippen molar-refractivity contribution in [2.24, 2.45) is 0 Å². The summed E-state index contributed by atoms with van der Waals surface area (Å²) in [5.74, 6) is 0. The zero-order chi connectivity index (χ0) is 8.86. The van der Waals surface area contributed by atoms with Crippen LogP contribution in [-0.2, 0) is 0 Å². The molecule has 0 aromatic carbocycles. The third kappa shape index (κ3) is 4.86. The van der Waals surface area contributed by atoms with Crippen LogP contribution in [0, 0.1) is 0 Å². The first-order valence-electron chi connectivity index (χ1n) is 5.09. The van der Waals surface area contributed by atoms with Crippen LogP contribution in [0.2, 0.25) is 0 Å². The van der Waals surface area contributed by atoms with E-state index in [9.17, 15) is 0 Å². The minimum Gasteiger partial charge on any atom is -0.0727 e. The summed E-state index contributed by atoms with van der Waals surface area (Å²) in [6.45, 7) is 0. The second-order valence-corrected chi connectivity index (χ2v) is 7.93. The van der Waals surface area contributed by atoms with Gasteiger partial charge in [-0.05, 0) is 12.8 Å². The molecule has 0 N–H and O–H groups in total. The maximum absolute atomic E-state index is 3.75. The van der Waals surface area contributed by atoms with Crippen LogP contribution in [0.25, 0.3) is 0 Å². The molecule has 2 heteroatoms.